The summed E-state index contributed by atoms with van der Waals surface area (Å²) in [6.45, 7) is 3.46. The van der Waals surface area contributed by atoms with Gasteiger partial charge in [-0.25, -0.2) is 0 Å². The Hall–Kier alpha value is -2.47. The summed E-state index contributed by atoms with van der Waals surface area (Å²) in [4.78, 5) is 0. The number of rotatable bonds is 9. The second kappa shape index (κ2) is 10.5. The summed E-state index contributed by atoms with van der Waals surface area (Å²) in [5, 5.41) is 6.95. The molecule has 2 aromatic rings. The summed E-state index contributed by atoms with van der Waals surface area (Å²) in [5.41, 5.74) is 2.09. The van der Waals surface area contributed by atoms with Crippen molar-refractivity contribution in [2.45, 2.75) is 19.8 Å². The molecule has 0 aromatic heterocycles. The number of anilines is 1. The maximum Gasteiger partial charge on any atom is 0.170 e. The third kappa shape index (κ3) is 6.11. The molecular weight excluding hydrogens is 348 g/mol. The van der Waals surface area contributed by atoms with Gasteiger partial charge in [-0.05, 0) is 61.8 Å². The molecule has 0 spiro atoms. The summed E-state index contributed by atoms with van der Waals surface area (Å²) in [6, 6.07) is 13.8. The lowest BCUT2D eigenvalue weighted by molar-refractivity contribution is 0.340. The minimum absolute atomic E-state index is 0.570. The van der Waals surface area contributed by atoms with Crippen molar-refractivity contribution in [3.8, 4) is 17.2 Å². The van der Waals surface area contributed by atoms with Crippen LogP contribution in [0.2, 0.25) is 0 Å². The van der Waals surface area contributed by atoms with Crippen molar-refractivity contribution in [2.24, 2.45) is 0 Å². The van der Waals surface area contributed by atoms with Crippen molar-refractivity contribution in [3.05, 3.63) is 48.0 Å². The first-order valence-corrected chi connectivity index (χ1v) is 9.05. The Morgan fingerprint density at radius 1 is 1.00 bits per heavy atom. The minimum Gasteiger partial charge on any atom is -0.497 e. The van der Waals surface area contributed by atoms with E-state index in [9.17, 15) is 0 Å². The van der Waals surface area contributed by atoms with Gasteiger partial charge in [-0.15, -0.1) is 0 Å². The van der Waals surface area contributed by atoms with Crippen molar-refractivity contribution in [3.63, 3.8) is 0 Å². The van der Waals surface area contributed by atoms with E-state index in [2.05, 4.69) is 22.8 Å². The van der Waals surface area contributed by atoms with Gasteiger partial charge in [0.2, 0.25) is 0 Å². The maximum absolute atomic E-state index is 5.45. The molecule has 2 N–H and O–H groups in total. The maximum atomic E-state index is 5.45. The Kier molecular flexibility index (Phi) is 8.02. The van der Waals surface area contributed by atoms with E-state index in [1.54, 1.807) is 14.2 Å². The average Bonchev–Trinajstić information content (AvgIpc) is 2.67. The van der Waals surface area contributed by atoms with E-state index in [1.165, 1.54) is 5.56 Å². The van der Waals surface area contributed by atoms with E-state index in [4.69, 9.17) is 26.4 Å². The van der Waals surface area contributed by atoms with Crippen molar-refractivity contribution in [1.29, 1.82) is 0 Å². The average molecular weight is 375 g/mol. The Morgan fingerprint density at radius 3 is 2.38 bits per heavy atom. The molecular formula is C20H26N2O3S. The van der Waals surface area contributed by atoms with Gasteiger partial charge in [0.15, 0.2) is 5.11 Å². The first-order valence-electron chi connectivity index (χ1n) is 8.65. The van der Waals surface area contributed by atoms with E-state index in [0.29, 0.717) is 17.5 Å². The number of nitrogens with one attached hydrogen (secondary N) is 2. The molecule has 0 aliphatic heterocycles. The lowest BCUT2D eigenvalue weighted by Gasteiger charge is -2.14. The van der Waals surface area contributed by atoms with Gasteiger partial charge in [0.05, 0.1) is 26.5 Å². The molecule has 140 valence electrons. The summed E-state index contributed by atoms with van der Waals surface area (Å²) in [7, 11) is 3.24. The molecule has 0 bridgehead atoms. The van der Waals surface area contributed by atoms with Crippen LogP contribution >= 0.6 is 12.2 Å². The topological polar surface area (TPSA) is 51.8 Å². The van der Waals surface area contributed by atoms with Crippen LogP contribution in [0.1, 0.15) is 18.9 Å². The molecule has 0 radical (unpaired) electrons. The molecule has 0 fully saturated rings. The number of benzene rings is 2. The number of methoxy groups -OCH3 is 2. The molecule has 5 nitrogen and oxygen atoms in total. The van der Waals surface area contributed by atoms with Crippen LogP contribution in [0, 0.1) is 0 Å². The molecule has 0 aliphatic carbocycles. The molecule has 26 heavy (non-hydrogen) atoms. The highest BCUT2D eigenvalue weighted by Gasteiger charge is 2.06. The van der Waals surface area contributed by atoms with Crippen LogP contribution < -0.4 is 24.8 Å². The molecule has 0 saturated heterocycles. The Labute approximate surface area is 160 Å². The molecule has 6 heteroatoms. The third-order valence-electron chi connectivity index (χ3n) is 3.82. The lowest BCUT2D eigenvalue weighted by Crippen LogP contribution is -2.29. The Morgan fingerprint density at radius 2 is 1.73 bits per heavy atom. The Bertz CT molecular complexity index is 705. The van der Waals surface area contributed by atoms with E-state index in [1.807, 2.05) is 37.3 Å². The van der Waals surface area contributed by atoms with E-state index >= 15 is 0 Å². The van der Waals surface area contributed by atoms with Gasteiger partial charge in [-0.1, -0.05) is 12.1 Å². The van der Waals surface area contributed by atoms with Gasteiger partial charge in [0, 0.05) is 12.6 Å². The van der Waals surface area contributed by atoms with Gasteiger partial charge in [0.1, 0.15) is 17.2 Å². The van der Waals surface area contributed by atoms with Gasteiger partial charge in [0.25, 0.3) is 0 Å². The highest BCUT2D eigenvalue weighted by Crippen LogP contribution is 2.28. The standard InChI is InChI=1S/C20H26N2O3S/c1-4-25-16-9-7-15(8-10-16)6-5-13-21-20(26)22-18-12-11-17(23-2)14-19(18)24-3/h7-12,14H,4-6,13H2,1-3H3,(H2,21,22,26). The fourth-order valence-electron chi connectivity index (χ4n) is 2.48. The smallest absolute Gasteiger partial charge is 0.170 e. The van der Waals surface area contributed by atoms with Crippen LogP contribution in [0.4, 0.5) is 5.69 Å². The summed E-state index contributed by atoms with van der Waals surface area (Å²) >= 11 is 5.36. The first kappa shape index (κ1) is 19.8. The second-order valence-corrected chi connectivity index (χ2v) is 6.04. The van der Waals surface area contributed by atoms with Crippen molar-refractivity contribution in [1.82, 2.24) is 5.32 Å². The second-order valence-electron chi connectivity index (χ2n) is 5.63. The van der Waals surface area contributed by atoms with Crippen LogP contribution in [0.15, 0.2) is 42.5 Å². The van der Waals surface area contributed by atoms with Crippen molar-refractivity contribution < 1.29 is 14.2 Å². The molecule has 2 rings (SSSR count). The number of hydrogen-bond acceptors (Lipinski definition) is 4. The normalized spacial score (nSPS) is 10.1. The number of hydrogen-bond donors (Lipinski definition) is 2. The largest absolute Gasteiger partial charge is 0.497 e. The lowest BCUT2D eigenvalue weighted by atomic mass is 10.1. The SMILES string of the molecule is CCOc1ccc(CCCNC(=S)Nc2ccc(OC)cc2OC)cc1. The number of thiocarbonyl (C=S) groups is 1. The molecule has 0 unspecified atom stereocenters. The predicted octanol–water partition coefficient (Wildman–Crippen LogP) is 4.02. The zero-order valence-corrected chi connectivity index (χ0v) is 16.3. The number of aryl methyl sites for hydroxylation is 1. The third-order valence-corrected chi connectivity index (χ3v) is 4.07. The van der Waals surface area contributed by atoms with Crippen molar-refractivity contribution in [2.75, 3.05) is 32.7 Å². The van der Waals surface area contributed by atoms with Gasteiger partial charge < -0.3 is 24.8 Å². The van der Waals surface area contributed by atoms with Gasteiger partial charge in [-0.3, -0.25) is 0 Å². The van der Waals surface area contributed by atoms with Crippen LogP contribution in [-0.2, 0) is 6.42 Å². The quantitative estimate of drug-likeness (QED) is 0.511. The molecule has 0 saturated carbocycles. The van der Waals surface area contributed by atoms with Crippen LogP contribution in [-0.4, -0.2) is 32.5 Å². The van der Waals surface area contributed by atoms with E-state index in [0.717, 1.165) is 36.6 Å². The predicted molar refractivity (Wildman–Crippen MR) is 110 cm³/mol. The first-order chi connectivity index (χ1) is 12.7. The molecule has 0 aliphatic rings. The zero-order chi connectivity index (χ0) is 18.8. The summed E-state index contributed by atoms with van der Waals surface area (Å²) in [5.74, 6) is 2.33. The van der Waals surface area contributed by atoms with Gasteiger partial charge in [-0.2, -0.15) is 0 Å². The monoisotopic (exact) mass is 374 g/mol. The fourth-order valence-corrected chi connectivity index (χ4v) is 2.69. The summed E-state index contributed by atoms with van der Waals surface area (Å²) < 4.78 is 16.0. The van der Waals surface area contributed by atoms with Crippen LogP contribution in [0.3, 0.4) is 0 Å². The van der Waals surface area contributed by atoms with Crippen molar-refractivity contribution >= 4 is 23.0 Å². The molecule has 0 amide bonds. The molecule has 0 heterocycles. The van der Waals surface area contributed by atoms with Crippen LogP contribution in [0.25, 0.3) is 0 Å². The molecule has 2 aromatic carbocycles. The minimum atomic E-state index is 0.570. The highest BCUT2D eigenvalue weighted by molar-refractivity contribution is 7.80. The van der Waals surface area contributed by atoms with E-state index < -0.39 is 0 Å². The van der Waals surface area contributed by atoms with E-state index in [-0.39, 0.29) is 0 Å². The fraction of sp³-hybridized carbons (Fsp3) is 0.350. The zero-order valence-electron chi connectivity index (χ0n) is 15.5. The van der Waals surface area contributed by atoms with Crippen LogP contribution in [0.5, 0.6) is 17.2 Å². The number of ether oxygens (including phenoxy) is 3. The Balaban J connectivity index is 1.75. The highest BCUT2D eigenvalue weighted by atomic mass is 32.1. The molecule has 0 atom stereocenters. The van der Waals surface area contributed by atoms with Gasteiger partial charge >= 0.3 is 0 Å². The summed E-state index contributed by atoms with van der Waals surface area (Å²) in [6.07, 6.45) is 1.96.